The first-order valence-electron chi connectivity index (χ1n) is 6.88. The van der Waals surface area contributed by atoms with E-state index in [-0.39, 0.29) is 30.7 Å². The van der Waals surface area contributed by atoms with Gasteiger partial charge in [-0.15, -0.1) is 24.8 Å². The largest absolute Gasteiger partial charge is 0.399 e. The van der Waals surface area contributed by atoms with Crippen LogP contribution in [0.3, 0.4) is 0 Å². The van der Waals surface area contributed by atoms with Gasteiger partial charge in [0.05, 0.1) is 0 Å². The van der Waals surface area contributed by atoms with Crippen molar-refractivity contribution < 1.29 is 4.79 Å². The van der Waals surface area contributed by atoms with Gasteiger partial charge in [-0.3, -0.25) is 9.69 Å². The van der Waals surface area contributed by atoms with Gasteiger partial charge >= 0.3 is 0 Å². The summed E-state index contributed by atoms with van der Waals surface area (Å²) >= 11 is 0. The van der Waals surface area contributed by atoms with Crippen LogP contribution in [0.15, 0.2) is 18.2 Å². The monoisotopic (exact) mass is 333 g/mol. The van der Waals surface area contributed by atoms with Gasteiger partial charge in [0.2, 0.25) is 0 Å². The van der Waals surface area contributed by atoms with Crippen LogP contribution in [0.2, 0.25) is 0 Å². The molecule has 0 aliphatic carbocycles. The van der Waals surface area contributed by atoms with Crippen LogP contribution in [0.25, 0.3) is 0 Å². The summed E-state index contributed by atoms with van der Waals surface area (Å²) in [7, 11) is 0. The van der Waals surface area contributed by atoms with Gasteiger partial charge in [-0.1, -0.05) is 6.07 Å². The van der Waals surface area contributed by atoms with Crippen LogP contribution in [0.1, 0.15) is 29.8 Å². The molecule has 0 radical (unpaired) electrons. The highest BCUT2D eigenvalue weighted by atomic mass is 35.5. The van der Waals surface area contributed by atoms with Gasteiger partial charge in [0.1, 0.15) is 0 Å². The molecule has 6 heteroatoms. The van der Waals surface area contributed by atoms with Crippen molar-refractivity contribution in [1.82, 2.24) is 9.80 Å². The summed E-state index contributed by atoms with van der Waals surface area (Å²) in [5.41, 5.74) is 8.15. The zero-order valence-electron chi connectivity index (χ0n) is 12.8. The van der Waals surface area contributed by atoms with E-state index in [0.29, 0.717) is 11.7 Å². The van der Waals surface area contributed by atoms with Crippen molar-refractivity contribution in [2.24, 2.45) is 0 Å². The van der Waals surface area contributed by atoms with E-state index in [0.717, 1.165) is 37.3 Å². The number of nitrogen functional groups attached to an aromatic ring is 1. The molecule has 1 heterocycles. The zero-order valence-corrected chi connectivity index (χ0v) is 14.5. The van der Waals surface area contributed by atoms with Crippen LogP contribution < -0.4 is 5.73 Å². The second-order valence-corrected chi connectivity index (χ2v) is 5.50. The maximum Gasteiger partial charge on any atom is 0.254 e. The number of halogens is 2. The van der Waals surface area contributed by atoms with Gasteiger partial charge < -0.3 is 10.6 Å². The first-order chi connectivity index (χ1) is 8.99. The number of carbonyl (C=O) groups is 1. The van der Waals surface area contributed by atoms with Gasteiger partial charge in [-0.2, -0.15) is 0 Å². The number of hydrogen-bond donors (Lipinski definition) is 1. The fourth-order valence-electron chi connectivity index (χ4n) is 2.48. The normalized spacial score (nSPS) is 15.3. The maximum atomic E-state index is 12.5. The summed E-state index contributed by atoms with van der Waals surface area (Å²) in [6.07, 6.45) is 0. The highest BCUT2D eigenvalue weighted by Crippen LogP contribution is 2.16. The molecule has 0 unspecified atom stereocenters. The lowest BCUT2D eigenvalue weighted by atomic mass is 10.1. The van der Waals surface area contributed by atoms with Crippen LogP contribution >= 0.6 is 24.8 Å². The number of nitrogens with two attached hydrogens (primary N) is 1. The fourth-order valence-corrected chi connectivity index (χ4v) is 2.48. The summed E-state index contributed by atoms with van der Waals surface area (Å²) in [4.78, 5) is 16.8. The zero-order chi connectivity index (χ0) is 14.0. The Morgan fingerprint density at radius 2 is 1.71 bits per heavy atom. The Labute approximate surface area is 139 Å². The van der Waals surface area contributed by atoms with Crippen molar-refractivity contribution in [3.05, 3.63) is 29.3 Å². The molecule has 1 aliphatic rings. The van der Waals surface area contributed by atoms with E-state index in [1.807, 2.05) is 24.0 Å². The van der Waals surface area contributed by atoms with Gasteiger partial charge in [0, 0.05) is 43.5 Å². The number of piperazine rings is 1. The molecular weight excluding hydrogens is 309 g/mol. The Bertz CT molecular complexity index is 472. The van der Waals surface area contributed by atoms with E-state index in [1.165, 1.54) is 0 Å². The second kappa shape index (κ2) is 8.47. The van der Waals surface area contributed by atoms with Gasteiger partial charge in [0.25, 0.3) is 5.91 Å². The SMILES string of the molecule is Cc1ccc(N)cc1C(=O)N1CCN(C(C)C)CC1.Cl.Cl. The maximum absolute atomic E-state index is 12.5. The van der Waals surface area contributed by atoms with Crippen molar-refractivity contribution in [2.45, 2.75) is 26.8 Å². The first kappa shape index (κ1) is 20.0. The molecule has 1 aromatic rings. The number of rotatable bonds is 2. The van der Waals surface area contributed by atoms with Crippen molar-refractivity contribution in [3.8, 4) is 0 Å². The quantitative estimate of drug-likeness (QED) is 0.846. The molecule has 0 bridgehead atoms. The lowest BCUT2D eigenvalue weighted by Crippen LogP contribution is -2.50. The van der Waals surface area contributed by atoms with Crippen LogP contribution in [-0.2, 0) is 0 Å². The van der Waals surface area contributed by atoms with E-state index in [4.69, 9.17) is 5.73 Å². The van der Waals surface area contributed by atoms with Crippen molar-refractivity contribution in [3.63, 3.8) is 0 Å². The molecule has 0 aromatic heterocycles. The Morgan fingerprint density at radius 1 is 1.14 bits per heavy atom. The van der Waals surface area contributed by atoms with Crippen LogP contribution in [0, 0.1) is 6.92 Å². The van der Waals surface area contributed by atoms with Gasteiger partial charge in [0.15, 0.2) is 0 Å². The predicted octanol–water partition coefficient (Wildman–Crippen LogP) is 2.59. The Balaban J connectivity index is 0.00000200. The van der Waals surface area contributed by atoms with Crippen molar-refractivity contribution >= 4 is 36.4 Å². The van der Waals surface area contributed by atoms with Crippen LogP contribution in [0.4, 0.5) is 5.69 Å². The predicted molar refractivity (Wildman–Crippen MR) is 92.7 cm³/mol. The molecule has 2 N–H and O–H groups in total. The standard InChI is InChI=1S/C15H23N3O.2ClH/c1-11(2)17-6-8-18(9-7-17)15(19)14-10-13(16)5-4-12(14)3;;/h4-5,10-11H,6-9,16H2,1-3H3;2*1H. The number of aryl methyl sites for hydroxylation is 1. The molecule has 4 nitrogen and oxygen atoms in total. The lowest BCUT2D eigenvalue weighted by Gasteiger charge is -2.37. The molecular formula is C15H25Cl2N3O. The number of amides is 1. The first-order valence-corrected chi connectivity index (χ1v) is 6.88. The van der Waals surface area contributed by atoms with Crippen molar-refractivity contribution in [1.29, 1.82) is 0 Å². The van der Waals surface area contributed by atoms with Gasteiger partial charge in [-0.25, -0.2) is 0 Å². The molecule has 1 saturated heterocycles. The van der Waals surface area contributed by atoms with E-state index in [9.17, 15) is 4.79 Å². The average molecular weight is 334 g/mol. The topological polar surface area (TPSA) is 49.6 Å². The highest BCUT2D eigenvalue weighted by Gasteiger charge is 2.24. The number of benzene rings is 1. The summed E-state index contributed by atoms with van der Waals surface area (Å²) in [5.74, 6) is 0.105. The molecule has 2 rings (SSSR count). The summed E-state index contributed by atoms with van der Waals surface area (Å²) < 4.78 is 0. The lowest BCUT2D eigenvalue weighted by molar-refractivity contribution is 0.0595. The Kier molecular flexibility index (Phi) is 8.08. The molecule has 1 aromatic carbocycles. The van der Waals surface area contributed by atoms with E-state index in [2.05, 4.69) is 18.7 Å². The van der Waals surface area contributed by atoms with Crippen LogP contribution in [0.5, 0.6) is 0 Å². The fraction of sp³-hybridized carbons (Fsp3) is 0.533. The summed E-state index contributed by atoms with van der Waals surface area (Å²) in [6, 6.07) is 6.08. The number of nitrogens with zero attached hydrogens (tertiary/aromatic N) is 2. The minimum atomic E-state index is 0. The van der Waals surface area contributed by atoms with Gasteiger partial charge in [-0.05, 0) is 38.5 Å². The molecule has 0 spiro atoms. The van der Waals surface area contributed by atoms with E-state index in [1.54, 1.807) is 6.07 Å². The highest BCUT2D eigenvalue weighted by molar-refractivity contribution is 5.96. The molecule has 0 atom stereocenters. The summed E-state index contributed by atoms with van der Waals surface area (Å²) in [5, 5.41) is 0. The van der Waals surface area contributed by atoms with E-state index < -0.39 is 0 Å². The van der Waals surface area contributed by atoms with Crippen LogP contribution in [-0.4, -0.2) is 47.9 Å². The molecule has 120 valence electrons. The molecule has 1 aliphatic heterocycles. The second-order valence-electron chi connectivity index (χ2n) is 5.50. The third-order valence-corrected chi connectivity index (χ3v) is 3.82. The minimum absolute atomic E-state index is 0. The Morgan fingerprint density at radius 3 is 2.24 bits per heavy atom. The summed E-state index contributed by atoms with van der Waals surface area (Å²) in [6.45, 7) is 9.84. The number of carbonyl (C=O) groups excluding carboxylic acids is 1. The van der Waals surface area contributed by atoms with E-state index >= 15 is 0 Å². The third-order valence-electron chi connectivity index (χ3n) is 3.82. The minimum Gasteiger partial charge on any atom is -0.399 e. The average Bonchev–Trinajstić information content (AvgIpc) is 2.41. The molecule has 0 saturated carbocycles. The number of anilines is 1. The molecule has 1 amide bonds. The third kappa shape index (κ3) is 4.77. The molecule has 1 fully saturated rings. The van der Waals surface area contributed by atoms with Crippen molar-refractivity contribution in [2.75, 3.05) is 31.9 Å². The number of hydrogen-bond acceptors (Lipinski definition) is 3. The Hall–Kier alpha value is -0.970. The molecule has 21 heavy (non-hydrogen) atoms. The smallest absolute Gasteiger partial charge is 0.254 e.